The molecule has 1 saturated heterocycles. The lowest BCUT2D eigenvalue weighted by atomic mass is 9.94. The number of nitrogens with zero attached hydrogens (tertiary/aromatic N) is 3. The van der Waals surface area contributed by atoms with Gasteiger partial charge >= 0.3 is 12.0 Å². The van der Waals surface area contributed by atoms with Gasteiger partial charge in [0.1, 0.15) is 5.82 Å². The molecule has 1 N–H and O–H groups in total. The standard InChI is InChI=1S/C26H29FN4O4/c1-3-35-25(33)22-21(29(2)26(34)28-23(22)18-7-5-4-6-8-18)17-30-13-15-31(16-14-30)24(32)19-9-11-20(27)12-10-19/h4-12,23H,3,13-17H2,1-2H3,(H,28,34)/t23-/m1/s1. The van der Waals surface area contributed by atoms with E-state index in [1.807, 2.05) is 30.3 Å². The largest absolute Gasteiger partial charge is 0.463 e. The van der Waals surface area contributed by atoms with E-state index in [4.69, 9.17) is 4.74 Å². The third kappa shape index (κ3) is 5.35. The molecule has 0 aromatic heterocycles. The summed E-state index contributed by atoms with van der Waals surface area (Å²) in [7, 11) is 1.64. The molecule has 35 heavy (non-hydrogen) atoms. The molecule has 0 bridgehead atoms. The number of urea groups is 1. The maximum atomic E-state index is 13.2. The number of likely N-dealkylation sites (N-methyl/N-ethyl adjacent to an activating group) is 1. The van der Waals surface area contributed by atoms with Crippen LogP contribution in [-0.2, 0) is 9.53 Å². The molecule has 0 saturated carbocycles. The summed E-state index contributed by atoms with van der Waals surface area (Å²) in [5.41, 5.74) is 2.23. The summed E-state index contributed by atoms with van der Waals surface area (Å²) >= 11 is 0. The fourth-order valence-corrected chi connectivity index (χ4v) is 4.39. The van der Waals surface area contributed by atoms with Crippen LogP contribution in [0.15, 0.2) is 65.9 Å². The molecule has 0 aliphatic carbocycles. The first-order valence-electron chi connectivity index (χ1n) is 11.7. The summed E-state index contributed by atoms with van der Waals surface area (Å²) in [6.45, 7) is 4.43. The number of esters is 1. The molecule has 2 aliphatic rings. The molecule has 2 heterocycles. The van der Waals surface area contributed by atoms with Crippen LogP contribution in [0.4, 0.5) is 9.18 Å². The third-order valence-corrected chi connectivity index (χ3v) is 6.33. The van der Waals surface area contributed by atoms with Crippen molar-refractivity contribution in [2.24, 2.45) is 0 Å². The number of carbonyl (C=O) groups excluding carboxylic acids is 3. The average Bonchev–Trinajstić information content (AvgIpc) is 2.87. The lowest BCUT2D eigenvalue weighted by Gasteiger charge is -2.39. The minimum Gasteiger partial charge on any atom is -0.463 e. The summed E-state index contributed by atoms with van der Waals surface area (Å²) in [6.07, 6.45) is 0. The summed E-state index contributed by atoms with van der Waals surface area (Å²) in [4.78, 5) is 43.9. The molecule has 0 unspecified atom stereocenters. The Labute approximate surface area is 203 Å². The first-order valence-corrected chi connectivity index (χ1v) is 11.7. The van der Waals surface area contributed by atoms with E-state index < -0.39 is 12.0 Å². The summed E-state index contributed by atoms with van der Waals surface area (Å²) in [5, 5.41) is 2.91. The minimum atomic E-state index is -0.615. The van der Waals surface area contributed by atoms with Gasteiger partial charge in [-0.3, -0.25) is 14.6 Å². The molecule has 2 aromatic rings. The second-order valence-electron chi connectivity index (χ2n) is 8.51. The maximum absolute atomic E-state index is 13.2. The predicted octanol–water partition coefficient (Wildman–Crippen LogP) is 2.80. The van der Waals surface area contributed by atoms with Gasteiger partial charge in [-0.25, -0.2) is 14.0 Å². The molecular weight excluding hydrogens is 451 g/mol. The van der Waals surface area contributed by atoms with E-state index in [9.17, 15) is 18.8 Å². The van der Waals surface area contributed by atoms with Gasteiger partial charge in [0, 0.05) is 51.0 Å². The normalized spacial score (nSPS) is 18.9. The number of hydrogen-bond donors (Lipinski definition) is 1. The highest BCUT2D eigenvalue weighted by molar-refractivity contribution is 5.95. The van der Waals surface area contributed by atoms with Crippen molar-refractivity contribution in [1.29, 1.82) is 0 Å². The van der Waals surface area contributed by atoms with Crippen molar-refractivity contribution in [1.82, 2.24) is 20.0 Å². The zero-order valence-corrected chi connectivity index (χ0v) is 19.9. The third-order valence-electron chi connectivity index (χ3n) is 6.33. The summed E-state index contributed by atoms with van der Waals surface area (Å²) < 4.78 is 18.6. The number of benzene rings is 2. The SMILES string of the molecule is CCOC(=O)C1=C(CN2CCN(C(=O)c3ccc(F)cc3)CC2)N(C)C(=O)N[C@@H]1c1ccccc1. The van der Waals surface area contributed by atoms with Gasteiger partial charge < -0.3 is 15.0 Å². The van der Waals surface area contributed by atoms with E-state index in [1.165, 1.54) is 29.2 Å². The highest BCUT2D eigenvalue weighted by Gasteiger charge is 2.37. The van der Waals surface area contributed by atoms with E-state index in [-0.39, 0.29) is 24.4 Å². The molecule has 4 rings (SSSR count). The Kier molecular flexibility index (Phi) is 7.45. The lowest BCUT2D eigenvalue weighted by molar-refractivity contribution is -0.139. The van der Waals surface area contributed by atoms with Crippen LogP contribution in [0.2, 0.25) is 0 Å². The van der Waals surface area contributed by atoms with Gasteiger partial charge in [-0.15, -0.1) is 0 Å². The molecule has 184 valence electrons. The molecular formula is C26H29FN4O4. The Balaban J connectivity index is 1.54. The van der Waals surface area contributed by atoms with Gasteiger partial charge in [0.05, 0.1) is 18.2 Å². The van der Waals surface area contributed by atoms with Gasteiger partial charge in [0.25, 0.3) is 5.91 Å². The highest BCUT2D eigenvalue weighted by Crippen LogP contribution is 2.31. The summed E-state index contributed by atoms with van der Waals surface area (Å²) in [6, 6.07) is 13.9. The van der Waals surface area contributed by atoms with Crippen molar-refractivity contribution < 1.29 is 23.5 Å². The van der Waals surface area contributed by atoms with Crippen LogP contribution in [0.1, 0.15) is 28.9 Å². The molecule has 8 nitrogen and oxygen atoms in total. The maximum Gasteiger partial charge on any atom is 0.338 e. The van der Waals surface area contributed by atoms with Crippen molar-refractivity contribution in [2.45, 2.75) is 13.0 Å². The number of nitrogens with one attached hydrogen (secondary N) is 1. The van der Waals surface area contributed by atoms with Gasteiger partial charge in [-0.1, -0.05) is 30.3 Å². The Morgan fingerprint density at radius 1 is 1.03 bits per heavy atom. The van der Waals surface area contributed by atoms with Crippen LogP contribution in [0.25, 0.3) is 0 Å². The van der Waals surface area contributed by atoms with E-state index in [0.717, 1.165) is 5.56 Å². The van der Waals surface area contributed by atoms with Crippen LogP contribution in [0.5, 0.6) is 0 Å². The fourth-order valence-electron chi connectivity index (χ4n) is 4.39. The van der Waals surface area contributed by atoms with E-state index in [1.54, 1.807) is 18.9 Å². The number of ether oxygens (including phenoxy) is 1. The molecule has 1 fully saturated rings. The number of hydrogen-bond acceptors (Lipinski definition) is 5. The van der Waals surface area contributed by atoms with E-state index >= 15 is 0 Å². The molecule has 1 atom stereocenters. The van der Waals surface area contributed by atoms with Crippen molar-refractivity contribution in [3.05, 3.63) is 82.8 Å². The number of amides is 3. The predicted molar refractivity (Wildman–Crippen MR) is 128 cm³/mol. The first-order chi connectivity index (χ1) is 16.9. The van der Waals surface area contributed by atoms with Crippen LogP contribution in [0, 0.1) is 5.82 Å². The Morgan fingerprint density at radius 3 is 2.31 bits per heavy atom. The smallest absolute Gasteiger partial charge is 0.338 e. The van der Waals surface area contributed by atoms with Gasteiger partial charge in [-0.05, 0) is 36.8 Å². The molecule has 3 amide bonds. The Hall–Kier alpha value is -3.72. The number of piperazine rings is 1. The summed E-state index contributed by atoms with van der Waals surface area (Å²) in [5.74, 6) is -0.991. The average molecular weight is 481 g/mol. The Bertz CT molecular complexity index is 1110. The van der Waals surface area contributed by atoms with E-state index in [0.29, 0.717) is 49.6 Å². The van der Waals surface area contributed by atoms with Gasteiger partial charge in [0.2, 0.25) is 0 Å². The molecule has 0 spiro atoms. The number of carbonyl (C=O) groups is 3. The fraction of sp³-hybridized carbons (Fsp3) is 0.346. The molecule has 2 aromatic carbocycles. The topological polar surface area (TPSA) is 82.2 Å². The monoisotopic (exact) mass is 480 g/mol. The second kappa shape index (κ2) is 10.7. The molecule has 2 aliphatic heterocycles. The van der Waals surface area contributed by atoms with Crippen molar-refractivity contribution in [3.63, 3.8) is 0 Å². The van der Waals surface area contributed by atoms with Crippen molar-refractivity contribution >= 4 is 17.9 Å². The second-order valence-corrected chi connectivity index (χ2v) is 8.51. The zero-order chi connectivity index (χ0) is 24.9. The van der Waals surface area contributed by atoms with E-state index in [2.05, 4.69) is 10.2 Å². The zero-order valence-electron chi connectivity index (χ0n) is 19.9. The molecule has 0 radical (unpaired) electrons. The number of halogens is 1. The van der Waals surface area contributed by atoms with Crippen molar-refractivity contribution in [2.75, 3.05) is 46.4 Å². The lowest BCUT2D eigenvalue weighted by Crippen LogP contribution is -2.53. The van der Waals surface area contributed by atoms with Gasteiger partial charge in [0.15, 0.2) is 0 Å². The van der Waals surface area contributed by atoms with Crippen LogP contribution >= 0.6 is 0 Å². The van der Waals surface area contributed by atoms with Crippen LogP contribution in [0.3, 0.4) is 0 Å². The van der Waals surface area contributed by atoms with Crippen molar-refractivity contribution in [3.8, 4) is 0 Å². The minimum absolute atomic E-state index is 0.144. The highest BCUT2D eigenvalue weighted by atomic mass is 19.1. The Morgan fingerprint density at radius 2 is 1.69 bits per heavy atom. The van der Waals surface area contributed by atoms with Crippen LogP contribution in [-0.4, -0.2) is 79.0 Å². The molecule has 9 heteroatoms. The quantitative estimate of drug-likeness (QED) is 0.643. The van der Waals surface area contributed by atoms with Gasteiger partial charge in [-0.2, -0.15) is 0 Å². The first kappa shape index (κ1) is 24.4. The van der Waals surface area contributed by atoms with Crippen LogP contribution < -0.4 is 5.32 Å². The number of rotatable bonds is 6.